The maximum atomic E-state index is 12.0. The van der Waals surface area contributed by atoms with E-state index in [0.29, 0.717) is 5.92 Å². The molecule has 4 heteroatoms. The molecule has 86 valence electrons. The summed E-state index contributed by atoms with van der Waals surface area (Å²) in [6.45, 7) is 1.81. The number of carbonyl (C=O) groups excluding carboxylic acids is 1. The van der Waals surface area contributed by atoms with Crippen molar-refractivity contribution in [3.8, 4) is 0 Å². The molecule has 1 unspecified atom stereocenters. The van der Waals surface area contributed by atoms with E-state index in [4.69, 9.17) is 5.73 Å². The Hall–Kier alpha value is -0.620. The van der Waals surface area contributed by atoms with Crippen LogP contribution in [0.5, 0.6) is 0 Å². The van der Waals surface area contributed by atoms with Gasteiger partial charge in [-0.15, -0.1) is 0 Å². The molecule has 0 bridgehead atoms. The van der Waals surface area contributed by atoms with E-state index in [1.54, 1.807) is 0 Å². The van der Waals surface area contributed by atoms with E-state index in [1.807, 2.05) is 31.2 Å². The highest BCUT2D eigenvalue weighted by atomic mass is 127. The first-order valence-electron chi connectivity index (χ1n) is 5.36. The van der Waals surface area contributed by atoms with Gasteiger partial charge in [-0.3, -0.25) is 4.79 Å². The SMILES string of the molecule is CC(N)(C(=O)Nc1cccc(I)c1)C1CC1. The lowest BCUT2D eigenvalue weighted by Crippen LogP contribution is -2.50. The van der Waals surface area contributed by atoms with Crippen molar-refractivity contribution >= 4 is 34.2 Å². The third-order valence-corrected chi connectivity index (χ3v) is 3.67. The summed E-state index contributed by atoms with van der Waals surface area (Å²) >= 11 is 2.22. The van der Waals surface area contributed by atoms with Crippen LogP contribution >= 0.6 is 22.6 Å². The largest absolute Gasteiger partial charge is 0.324 e. The van der Waals surface area contributed by atoms with Crippen molar-refractivity contribution in [1.82, 2.24) is 0 Å². The molecule has 0 heterocycles. The van der Waals surface area contributed by atoms with Gasteiger partial charge in [-0.05, 0) is 66.5 Å². The molecular weight excluding hydrogens is 315 g/mol. The van der Waals surface area contributed by atoms with Crippen molar-refractivity contribution in [2.45, 2.75) is 25.3 Å². The zero-order valence-corrected chi connectivity index (χ0v) is 11.3. The zero-order chi connectivity index (χ0) is 11.8. The monoisotopic (exact) mass is 330 g/mol. The van der Waals surface area contributed by atoms with Gasteiger partial charge < -0.3 is 11.1 Å². The Balaban J connectivity index is 2.07. The minimum Gasteiger partial charge on any atom is -0.324 e. The van der Waals surface area contributed by atoms with Crippen LogP contribution in [-0.4, -0.2) is 11.4 Å². The van der Waals surface area contributed by atoms with Gasteiger partial charge in [0.25, 0.3) is 0 Å². The van der Waals surface area contributed by atoms with E-state index in [9.17, 15) is 4.79 Å². The fraction of sp³-hybridized carbons (Fsp3) is 0.417. The van der Waals surface area contributed by atoms with Gasteiger partial charge in [0.2, 0.25) is 5.91 Å². The molecule has 0 saturated heterocycles. The van der Waals surface area contributed by atoms with Gasteiger partial charge in [-0.1, -0.05) is 6.07 Å². The third kappa shape index (κ3) is 2.55. The van der Waals surface area contributed by atoms with Crippen LogP contribution in [0.15, 0.2) is 24.3 Å². The molecule has 1 fully saturated rings. The summed E-state index contributed by atoms with van der Waals surface area (Å²) in [5.41, 5.74) is 6.12. The molecule has 1 saturated carbocycles. The van der Waals surface area contributed by atoms with E-state index in [2.05, 4.69) is 27.9 Å². The van der Waals surface area contributed by atoms with Crippen LogP contribution in [0.4, 0.5) is 5.69 Å². The second kappa shape index (κ2) is 4.33. The first-order chi connectivity index (χ1) is 7.50. The molecule has 0 radical (unpaired) electrons. The number of nitrogens with one attached hydrogen (secondary N) is 1. The van der Waals surface area contributed by atoms with Crippen molar-refractivity contribution in [2.24, 2.45) is 11.7 Å². The predicted molar refractivity (Wildman–Crippen MR) is 73.1 cm³/mol. The standard InChI is InChI=1S/C12H15IN2O/c1-12(14,8-5-6-8)11(16)15-10-4-2-3-9(13)7-10/h2-4,7-8H,5-6,14H2,1H3,(H,15,16). The summed E-state index contributed by atoms with van der Waals surface area (Å²) in [4.78, 5) is 12.0. The molecule has 1 amide bonds. The Morgan fingerprint density at radius 1 is 1.56 bits per heavy atom. The van der Waals surface area contributed by atoms with Gasteiger partial charge in [0, 0.05) is 9.26 Å². The molecule has 0 spiro atoms. The molecule has 1 aromatic carbocycles. The van der Waals surface area contributed by atoms with Crippen LogP contribution in [0.3, 0.4) is 0 Å². The van der Waals surface area contributed by atoms with Gasteiger partial charge in [-0.2, -0.15) is 0 Å². The Morgan fingerprint density at radius 2 is 2.25 bits per heavy atom. The summed E-state index contributed by atoms with van der Waals surface area (Å²) in [6, 6.07) is 7.71. The Bertz CT molecular complexity index is 413. The van der Waals surface area contributed by atoms with Crippen LogP contribution in [0, 0.1) is 9.49 Å². The maximum Gasteiger partial charge on any atom is 0.244 e. The molecule has 3 nitrogen and oxygen atoms in total. The molecule has 1 aliphatic rings. The number of halogens is 1. The number of hydrogen-bond acceptors (Lipinski definition) is 2. The lowest BCUT2D eigenvalue weighted by molar-refractivity contribution is -0.121. The Morgan fingerprint density at radius 3 is 2.81 bits per heavy atom. The van der Waals surface area contributed by atoms with E-state index >= 15 is 0 Å². The van der Waals surface area contributed by atoms with Crippen LogP contribution < -0.4 is 11.1 Å². The molecule has 1 aromatic rings. The molecule has 2 rings (SSSR count). The molecule has 1 atom stereocenters. The fourth-order valence-corrected chi connectivity index (χ4v) is 2.24. The second-order valence-corrected chi connectivity index (χ2v) is 5.77. The molecule has 0 aliphatic heterocycles. The third-order valence-electron chi connectivity index (χ3n) is 3.00. The van der Waals surface area contributed by atoms with Crippen molar-refractivity contribution in [2.75, 3.05) is 5.32 Å². The topological polar surface area (TPSA) is 55.1 Å². The lowest BCUT2D eigenvalue weighted by atomic mass is 9.96. The first kappa shape index (κ1) is 11.9. The summed E-state index contributed by atoms with van der Waals surface area (Å²) in [5, 5.41) is 2.88. The molecular formula is C12H15IN2O. The lowest BCUT2D eigenvalue weighted by Gasteiger charge is -2.23. The fourth-order valence-electron chi connectivity index (χ4n) is 1.70. The molecule has 0 aromatic heterocycles. The summed E-state index contributed by atoms with van der Waals surface area (Å²) in [5.74, 6) is 0.257. The maximum absolute atomic E-state index is 12.0. The highest BCUT2D eigenvalue weighted by molar-refractivity contribution is 14.1. The molecule has 1 aliphatic carbocycles. The Kier molecular flexibility index (Phi) is 3.21. The van der Waals surface area contributed by atoms with Crippen molar-refractivity contribution < 1.29 is 4.79 Å². The van der Waals surface area contributed by atoms with Crippen molar-refractivity contribution in [1.29, 1.82) is 0 Å². The van der Waals surface area contributed by atoms with Gasteiger partial charge >= 0.3 is 0 Å². The van der Waals surface area contributed by atoms with Gasteiger partial charge in [0.05, 0.1) is 5.54 Å². The number of nitrogens with two attached hydrogens (primary N) is 1. The van der Waals surface area contributed by atoms with Crippen LogP contribution in [-0.2, 0) is 4.79 Å². The quantitative estimate of drug-likeness (QED) is 0.836. The van der Waals surface area contributed by atoms with Gasteiger partial charge in [0.1, 0.15) is 0 Å². The average Bonchev–Trinajstić information content (AvgIpc) is 3.00. The van der Waals surface area contributed by atoms with E-state index in [0.717, 1.165) is 22.1 Å². The van der Waals surface area contributed by atoms with E-state index in [-0.39, 0.29) is 5.91 Å². The Labute approximate surface area is 109 Å². The van der Waals surface area contributed by atoms with Crippen LogP contribution in [0.2, 0.25) is 0 Å². The molecule has 16 heavy (non-hydrogen) atoms. The highest BCUT2D eigenvalue weighted by Gasteiger charge is 2.44. The number of benzene rings is 1. The van der Waals surface area contributed by atoms with Crippen LogP contribution in [0.1, 0.15) is 19.8 Å². The van der Waals surface area contributed by atoms with Crippen molar-refractivity contribution in [3.05, 3.63) is 27.8 Å². The second-order valence-electron chi connectivity index (χ2n) is 4.52. The highest BCUT2D eigenvalue weighted by Crippen LogP contribution is 2.38. The minimum atomic E-state index is -0.735. The van der Waals surface area contributed by atoms with Gasteiger partial charge in [-0.25, -0.2) is 0 Å². The molecule has 3 N–H and O–H groups in total. The first-order valence-corrected chi connectivity index (χ1v) is 6.44. The number of amides is 1. The van der Waals surface area contributed by atoms with Crippen LogP contribution in [0.25, 0.3) is 0 Å². The normalized spacial score (nSPS) is 18.9. The zero-order valence-electron chi connectivity index (χ0n) is 9.16. The van der Waals surface area contributed by atoms with E-state index in [1.165, 1.54) is 0 Å². The predicted octanol–water partition coefficient (Wildman–Crippen LogP) is 2.36. The average molecular weight is 330 g/mol. The summed E-state index contributed by atoms with van der Waals surface area (Å²) in [6.07, 6.45) is 2.12. The summed E-state index contributed by atoms with van der Waals surface area (Å²) in [7, 11) is 0. The van der Waals surface area contributed by atoms with Crippen molar-refractivity contribution in [3.63, 3.8) is 0 Å². The summed E-state index contributed by atoms with van der Waals surface area (Å²) < 4.78 is 1.10. The smallest absolute Gasteiger partial charge is 0.244 e. The number of carbonyl (C=O) groups is 1. The minimum absolute atomic E-state index is 0.0861. The number of anilines is 1. The van der Waals surface area contributed by atoms with E-state index < -0.39 is 5.54 Å². The number of rotatable bonds is 3. The number of hydrogen-bond donors (Lipinski definition) is 2. The van der Waals surface area contributed by atoms with Gasteiger partial charge in [0.15, 0.2) is 0 Å².